The van der Waals surface area contributed by atoms with E-state index in [1.165, 1.54) is 11.6 Å². The van der Waals surface area contributed by atoms with Crippen LogP contribution in [0.25, 0.3) is 0 Å². The van der Waals surface area contributed by atoms with E-state index in [1.807, 2.05) is 24.3 Å². The van der Waals surface area contributed by atoms with E-state index in [1.54, 1.807) is 18.4 Å². The van der Waals surface area contributed by atoms with Crippen molar-refractivity contribution in [2.75, 3.05) is 13.1 Å². The summed E-state index contributed by atoms with van der Waals surface area (Å²) in [6, 6.07) is 17.7. The lowest BCUT2D eigenvalue weighted by atomic mass is 9.84. The van der Waals surface area contributed by atoms with Crippen LogP contribution in [-0.2, 0) is 17.9 Å². The Balaban J connectivity index is 1.49. The van der Waals surface area contributed by atoms with Crippen LogP contribution in [0.3, 0.4) is 0 Å². The lowest BCUT2D eigenvalue weighted by Gasteiger charge is -2.37. The first-order valence-electron chi connectivity index (χ1n) is 10.1. The number of carbonyl (C=O) groups is 1. The van der Waals surface area contributed by atoms with Gasteiger partial charge < -0.3 is 9.73 Å². The zero-order valence-electron chi connectivity index (χ0n) is 16.6. The van der Waals surface area contributed by atoms with Gasteiger partial charge in [-0.3, -0.25) is 9.69 Å². The van der Waals surface area contributed by atoms with Crippen molar-refractivity contribution in [1.29, 1.82) is 0 Å². The van der Waals surface area contributed by atoms with Gasteiger partial charge in [0, 0.05) is 19.6 Å². The average Bonchev–Trinajstić information content (AvgIpc) is 3.29. The predicted octanol–water partition coefficient (Wildman–Crippen LogP) is 4.48. The molecular weight excluding hydrogens is 386 g/mol. The summed E-state index contributed by atoms with van der Waals surface area (Å²) >= 11 is 0. The highest BCUT2D eigenvalue weighted by Crippen LogP contribution is 2.31. The monoisotopic (exact) mass is 410 g/mol. The maximum Gasteiger partial charge on any atom is 0.224 e. The highest BCUT2D eigenvalue weighted by Gasteiger charge is 2.32. The Kier molecular flexibility index (Phi) is 6.23. The summed E-state index contributed by atoms with van der Waals surface area (Å²) in [6.45, 7) is 2.13. The number of furan rings is 1. The molecule has 0 aliphatic carbocycles. The Hall–Kier alpha value is -2.99. The molecule has 1 saturated heterocycles. The zero-order valence-corrected chi connectivity index (χ0v) is 16.6. The van der Waals surface area contributed by atoms with E-state index >= 15 is 0 Å². The van der Waals surface area contributed by atoms with Gasteiger partial charge in [0.2, 0.25) is 5.91 Å². The SMILES string of the molecule is O=C(NCc1ccco1)[C@@H]1C[C@@H](c2ccccc2)CN(Cc2ccc(F)c(F)c2)C1. The van der Waals surface area contributed by atoms with E-state index in [0.717, 1.165) is 19.0 Å². The van der Waals surface area contributed by atoms with Crippen molar-refractivity contribution < 1.29 is 18.0 Å². The van der Waals surface area contributed by atoms with E-state index in [4.69, 9.17) is 4.42 Å². The second kappa shape index (κ2) is 9.22. The Bertz CT molecular complexity index is 976. The normalized spacial score (nSPS) is 19.5. The lowest BCUT2D eigenvalue weighted by Crippen LogP contribution is -2.45. The van der Waals surface area contributed by atoms with Gasteiger partial charge in [-0.15, -0.1) is 0 Å². The Morgan fingerprint density at radius 2 is 1.87 bits per heavy atom. The number of carbonyl (C=O) groups excluding carboxylic acids is 1. The Morgan fingerprint density at radius 1 is 1.03 bits per heavy atom. The molecule has 1 aliphatic rings. The third-order valence-corrected chi connectivity index (χ3v) is 5.58. The maximum atomic E-state index is 13.6. The number of nitrogens with zero attached hydrogens (tertiary/aromatic N) is 1. The molecule has 0 bridgehead atoms. The smallest absolute Gasteiger partial charge is 0.224 e. The minimum Gasteiger partial charge on any atom is -0.467 e. The predicted molar refractivity (Wildman–Crippen MR) is 109 cm³/mol. The molecule has 156 valence electrons. The molecule has 0 spiro atoms. The molecule has 0 unspecified atom stereocenters. The number of halogens is 2. The van der Waals surface area contributed by atoms with Crippen molar-refractivity contribution in [3.8, 4) is 0 Å². The van der Waals surface area contributed by atoms with Crippen LogP contribution in [-0.4, -0.2) is 23.9 Å². The van der Waals surface area contributed by atoms with Crippen molar-refractivity contribution in [3.05, 3.63) is 95.4 Å². The number of nitrogens with one attached hydrogen (secondary N) is 1. The van der Waals surface area contributed by atoms with Crippen LogP contribution >= 0.6 is 0 Å². The number of benzene rings is 2. The molecule has 4 nitrogen and oxygen atoms in total. The van der Waals surface area contributed by atoms with Crippen LogP contribution < -0.4 is 5.32 Å². The molecule has 1 aromatic heterocycles. The van der Waals surface area contributed by atoms with Gasteiger partial charge >= 0.3 is 0 Å². The fraction of sp³-hybridized carbons (Fsp3) is 0.292. The summed E-state index contributed by atoms with van der Waals surface area (Å²) in [6.07, 6.45) is 2.32. The Morgan fingerprint density at radius 3 is 2.60 bits per heavy atom. The van der Waals surface area contributed by atoms with Crippen LogP contribution in [0, 0.1) is 17.6 Å². The second-order valence-corrected chi connectivity index (χ2v) is 7.78. The fourth-order valence-electron chi connectivity index (χ4n) is 4.10. The first-order chi connectivity index (χ1) is 14.6. The van der Waals surface area contributed by atoms with Crippen molar-refractivity contribution in [2.24, 2.45) is 5.92 Å². The third-order valence-electron chi connectivity index (χ3n) is 5.58. The third kappa shape index (κ3) is 4.94. The van der Waals surface area contributed by atoms with E-state index in [2.05, 4.69) is 22.3 Å². The molecule has 1 N–H and O–H groups in total. The van der Waals surface area contributed by atoms with E-state index < -0.39 is 11.6 Å². The summed E-state index contributed by atoms with van der Waals surface area (Å²) in [5, 5.41) is 2.96. The molecule has 2 aromatic carbocycles. The Labute approximate surface area is 174 Å². The average molecular weight is 410 g/mol. The van der Waals surface area contributed by atoms with Gasteiger partial charge in [-0.25, -0.2) is 8.78 Å². The zero-order chi connectivity index (χ0) is 20.9. The van der Waals surface area contributed by atoms with E-state index in [9.17, 15) is 13.6 Å². The van der Waals surface area contributed by atoms with E-state index in [-0.39, 0.29) is 17.7 Å². The van der Waals surface area contributed by atoms with Crippen molar-refractivity contribution in [2.45, 2.75) is 25.4 Å². The van der Waals surface area contributed by atoms with Gasteiger partial charge in [-0.2, -0.15) is 0 Å². The summed E-state index contributed by atoms with van der Waals surface area (Å²) in [7, 11) is 0. The topological polar surface area (TPSA) is 45.5 Å². The molecule has 1 fully saturated rings. The standard InChI is InChI=1S/C24H24F2N2O2/c25-22-9-8-17(11-23(22)26)14-28-15-19(18-5-2-1-3-6-18)12-20(16-28)24(29)27-13-21-7-4-10-30-21/h1-11,19-20H,12-16H2,(H,27,29)/t19-,20-/m1/s1. The van der Waals surface area contributed by atoms with E-state index in [0.29, 0.717) is 31.0 Å². The maximum absolute atomic E-state index is 13.6. The van der Waals surface area contributed by atoms with Crippen LogP contribution in [0.15, 0.2) is 71.3 Å². The molecule has 0 radical (unpaired) electrons. The van der Waals surface area contributed by atoms with Crippen LogP contribution in [0.4, 0.5) is 8.78 Å². The first-order valence-corrected chi connectivity index (χ1v) is 10.1. The number of piperidine rings is 1. The molecule has 6 heteroatoms. The number of hydrogen-bond donors (Lipinski definition) is 1. The largest absolute Gasteiger partial charge is 0.467 e. The molecule has 2 heterocycles. The summed E-state index contributed by atoms with van der Waals surface area (Å²) < 4.78 is 32.2. The van der Waals surface area contributed by atoms with Crippen molar-refractivity contribution in [3.63, 3.8) is 0 Å². The van der Waals surface area contributed by atoms with Crippen LogP contribution in [0.1, 0.15) is 29.2 Å². The van der Waals surface area contributed by atoms with Crippen LogP contribution in [0.2, 0.25) is 0 Å². The summed E-state index contributed by atoms with van der Waals surface area (Å²) in [4.78, 5) is 15.0. The highest BCUT2D eigenvalue weighted by atomic mass is 19.2. The molecule has 1 amide bonds. The summed E-state index contributed by atoms with van der Waals surface area (Å²) in [5.41, 5.74) is 1.87. The van der Waals surface area contributed by atoms with Gasteiger partial charge in [0.25, 0.3) is 0 Å². The minimum absolute atomic E-state index is 0.0256. The van der Waals surface area contributed by atoms with Gasteiger partial charge in [-0.05, 0) is 47.7 Å². The van der Waals surface area contributed by atoms with Crippen molar-refractivity contribution in [1.82, 2.24) is 10.2 Å². The van der Waals surface area contributed by atoms with Gasteiger partial charge in [-0.1, -0.05) is 36.4 Å². The quantitative estimate of drug-likeness (QED) is 0.652. The van der Waals surface area contributed by atoms with Gasteiger partial charge in [0.05, 0.1) is 18.7 Å². The lowest BCUT2D eigenvalue weighted by molar-refractivity contribution is -0.127. The molecule has 30 heavy (non-hydrogen) atoms. The molecule has 4 rings (SSSR count). The first kappa shape index (κ1) is 20.3. The molecular formula is C24H24F2N2O2. The minimum atomic E-state index is -0.852. The van der Waals surface area contributed by atoms with Crippen LogP contribution in [0.5, 0.6) is 0 Å². The highest BCUT2D eigenvalue weighted by molar-refractivity contribution is 5.79. The van der Waals surface area contributed by atoms with Gasteiger partial charge in [0.15, 0.2) is 11.6 Å². The fourth-order valence-corrected chi connectivity index (χ4v) is 4.10. The molecule has 3 aromatic rings. The molecule has 0 saturated carbocycles. The second-order valence-electron chi connectivity index (χ2n) is 7.78. The molecule has 2 atom stereocenters. The number of amides is 1. The number of rotatable bonds is 6. The molecule has 1 aliphatic heterocycles. The number of likely N-dealkylation sites (tertiary alicyclic amines) is 1. The summed E-state index contributed by atoms with van der Waals surface area (Å²) in [5.74, 6) is -1.04. The van der Waals surface area contributed by atoms with Crippen molar-refractivity contribution >= 4 is 5.91 Å². The number of hydrogen-bond acceptors (Lipinski definition) is 3. The van der Waals surface area contributed by atoms with Gasteiger partial charge in [0.1, 0.15) is 5.76 Å².